The first-order chi connectivity index (χ1) is 8.34. The number of hydrogen-bond donors (Lipinski definition) is 1. The van der Waals surface area contributed by atoms with Crippen LogP contribution < -0.4 is 5.73 Å². The average molecular weight is 249 g/mol. The van der Waals surface area contributed by atoms with E-state index in [0.717, 1.165) is 18.7 Å². The molecule has 0 aromatic carbocycles. The zero-order chi connectivity index (χ0) is 11.7. The van der Waals surface area contributed by atoms with Gasteiger partial charge < -0.3 is 5.73 Å². The number of aromatic nitrogens is 2. The van der Waals surface area contributed by atoms with Gasteiger partial charge >= 0.3 is 0 Å². The van der Waals surface area contributed by atoms with Crippen molar-refractivity contribution in [2.75, 3.05) is 5.75 Å². The molecule has 0 bridgehead atoms. The second kappa shape index (κ2) is 4.94. The zero-order valence-corrected chi connectivity index (χ0v) is 10.9. The summed E-state index contributed by atoms with van der Waals surface area (Å²) in [4.78, 5) is 9.35. The first-order valence-electron chi connectivity index (χ1n) is 6.57. The third-order valence-corrected chi connectivity index (χ3v) is 5.09. The molecule has 1 aliphatic heterocycles. The lowest BCUT2D eigenvalue weighted by molar-refractivity contribution is 0.613. The Balaban J connectivity index is 1.91. The van der Waals surface area contributed by atoms with Gasteiger partial charge in [-0.2, -0.15) is 11.8 Å². The average Bonchev–Trinajstić information content (AvgIpc) is 2.82. The van der Waals surface area contributed by atoms with Crippen molar-refractivity contribution < 1.29 is 0 Å². The summed E-state index contributed by atoms with van der Waals surface area (Å²) in [6.45, 7) is 0. The van der Waals surface area contributed by atoms with Crippen LogP contribution >= 0.6 is 11.8 Å². The maximum atomic E-state index is 6.16. The summed E-state index contributed by atoms with van der Waals surface area (Å²) in [5.74, 6) is 2.30. The number of nitrogens with two attached hydrogens (primary N) is 1. The minimum absolute atomic E-state index is 0.151. The Hall–Kier alpha value is -0.610. The normalized spacial score (nSPS) is 28.8. The number of aryl methyl sites for hydroxylation is 1. The molecule has 1 saturated heterocycles. The van der Waals surface area contributed by atoms with Gasteiger partial charge in [-0.3, -0.25) is 0 Å². The molecule has 1 aromatic rings. The molecule has 2 aliphatic rings. The van der Waals surface area contributed by atoms with E-state index in [9.17, 15) is 0 Å². The van der Waals surface area contributed by atoms with Crippen molar-refractivity contribution in [2.45, 2.75) is 49.8 Å². The summed E-state index contributed by atoms with van der Waals surface area (Å²) in [7, 11) is 0. The van der Waals surface area contributed by atoms with Crippen molar-refractivity contribution in [3.05, 3.63) is 23.3 Å². The highest BCUT2D eigenvalue weighted by Gasteiger charge is 2.23. The van der Waals surface area contributed by atoms with Crippen LogP contribution in [0.3, 0.4) is 0 Å². The first-order valence-corrected chi connectivity index (χ1v) is 7.62. The van der Waals surface area contributed by atoms with E-state index < -0.39 is 0 Å². The van der Waals surface area contributed by atoms with Crippen LogP contribution in [0.1, 0.15) is 60.5 Å². The van der Waals surface area contributed by atoms with Gasteiger partial charge in [0.15, 0.2) is 0 Å². The Labute approximate surface area is 107 Å². The molecule has 0 radical (unpaired) electrons. The van der Waals surface area contributed by atoms with Gasteiger partial charge in [0.1, 0.15) is 5.82 Å². The lowest BCUT2D eigenvalue weighted by atomic mass is 10.1. The predicted octanol–water partition coefficient (Wildman–Crippen LogP) is 2.77. The van der Waals surface area contributed by atoms with Crippen LogP contribution in [0.15, 0.2) is 6.20 Å². The van der Waals surface area contributed by atoms with E-state index in [1.807, 2.05) is 18.0 Å². The van der Waals surface area contributed by atoms with Gasteiger partial charge in [-0.25, -0.2) is 9.97 Å². The predicted molar refractivity (Wildman–Crippen MR) is 70.9 cm³/mol. The molecule has 17 heavy (non-hydrogen) atoms. The van der Waals surface area contributed by atoms with E-state index in [-0.39, 0.29) is 6.04 Å². The highest BCUT2D eigenvalue weighted by atomic mass is 32.2. The van der Waals surface area contributed by atoms with Gasteiger partial charge in [0.25, 0.3) is 0 Å². The van der Waals surface area contributed by atoms with Crippen molar-refractivity contribution in [3.8, 4) is 0 Å². The van der Waals surface area contributed by atoms with E-state index in [1.165, 1.54) is 42.7 Å². The Morgan fingerprint density at radius 3 is 3.00 bits per heavy atom. The summed E-state index contributed by atoms with van der Waals surface area (Å²) in [5, 5.41) is 0.528. The lowest BCUT2D eigenvalue weighted by Crippen LogP contribution is -2.13. The molecule has 2 heterocycles. The Morgan fingerprint density at radius 1 is 1.24 bits per heavy atom. The quantitative estimate of drug-likeness (QED) is 0.778. The molecule has 2 N–H and O–H groups in total. The van der Waals surface area contributed by atoms with Crippen molar-refractivity contribution in [1.29, 1.82) is 0 Å². The number of thioether (sulfide) groups is 1. The first kappa shape index (κ1) is 11.5. The maximum Gasteiger partial charge on any atom is 0.141 e. The van der Waals surface area contributed by atoms with Gasteiger partial charge in [-0.1, -0.05) is 6.42 Å². The third kappa shape index (κ3) is 2.33. The zero-order valence-electron chi connectivity index (χ0n) is 10.1. The molecule has 2 atom stereocenters. The Kier molecular flexibility index (Phi) is 3.34. The molecule has 92 valence electrons. The van der Waals surface area contributed by atoms with Crippen LogP contribution in [-0.4, -0.2) is 15.7 Å². The third-order valence-electron chi connectivity index (χ3n) is 3.71. The molecule has 1 aliphatic carbocycles. The van der Waals surface area contributed by atoms with Crippen LogP contribution in [0.5, 0.6) is 0 Å². The van der Waals surface area contributed by atoms with Gasteiger partial charge in [0, 0.05) is 23.5 Å². The summed E-state index contributed by atoms with van der Waals surface area (Å²) < 4.78 is 0. The second-order valence-corrected chi connectivity index (χ2v) is 6.29. The minimum atomic E-state index is 0.151. The van der Waals surface area contributed by atoms with Crippen LogP contribution in [0.2, 0.25) is 0 Å². The number of fused-ring (bicyclic) bond motifs is 1. The second-order valence-electron chi connectivity index (χ2n) is 4.98. The fraction of sp³-hybridized carbons (Fsp3) is 0.692. The number of rotatable bonds is 1. The molecule has 0 amide bonds. The van der Waals surface area contributed by atoms with Crippen molar-refractivity contribution in [3.63, 3.8) is 0 Å². The molecule has 1 aromatic heterocycles. The number of hydrogen-bond acceptors (Lipinski definition) is 4. The molecule has 3 rings (SSSR count). The maximum absolute atomic E-state index is 6.16. The smallest absolute Gasteiger partial charge is 0.141 e. The standard InChI is InChI=1S/C13H19N3S/c14-10-4-1-2-5-11-9(10)8-15-13(16-11)12-6-3-7-17-12/h8,10,12H,1-7,14H2. The fourth-order valence-electron chi connectivity index (χ4n) is 2.70. The highest BCUT2D eigenvalue weighted by Crippen LogP contribution is 2.38. The van der Waals surface area contributed by atoms with E-state index in [2.05, 4.69) is 4.98 Å². The summed E-state index contributed by atoms with van der Waals surface area (Å²) in [6.07, 6.45) is 9.11. The summed E-state index contributed by atoms with van der Waals surface area (Å²) in [5.41, 5.74) is 8.57. The topological polar surface area (TPSA) is 51.8 Å². The summed E-state index contributed by atoms with van der Waals surface area (Å²) >= 11 is 2.00. The molecule has 4 heteroatoms. The van der Waals surface area contributed by atoms with Crippen LogP contribution in [-0.2, 0) is 6.42 Å². The molecule has 0 spiro atoms. The van der Waals surface area contributed by atoms with Crippen LogP contribution in [0.4, 0.5) is 0 Å². The minimum Gasteiger partial charge on any atom is -0.324 e. The van der Waals surface area contributed by atoms with Crippen molar-refractivity contribution in [1.82, 2.24) is 9.97 Å². The Bertz CT molecular complexity index is 402. The van der Waals surface area contributed by atoms with Crippen molar-refractivity contribution >= 4 is 11.8 Å². The fourth-order valence-corrected chi connectivity index (χ4v) is 3.91. The van der Waals surface area contributed by atoms with Gasteiger partial charge in [0.2, 0.25) is 0 Å². The Morgan fingerprint density at radius 2 is 2.18 bits per heavy atom. The van der Waals surface area contributed by atoms with Crippen LogP contribution in [0, 0.1) is 0 Å². The summed E-state index contributed by atoms with van der Waals surface area (Å²) in [6, 6.07) is 0.151. The van der Waals surface area contributed by atoms with E-state index in [4.69, 9.17) is 10.7 Å². The molecular formula is C13H19N3S. The SMILES string of the molecule is NC1CCCCc2nc(C3CCCS3)ncc21. The van der Waals surface area contributed by atoms with E-state index >= 15 is 0 Å². The van der Waals surface area contributed by atoms with Crippen molar-refractivity contribution in [2.24, 2.45) is 5.73 Å². The van der Waals surface area contributed by atoms with E-state index in [0.29, 0.717) is 5.25 Å². The monoisotopic (exact) mass is 249 g/mol. The molecule has 2 unspecified atom stereocenters. The van der Waals surface area contributed by atoms with Gasteiger partial charge in [-0.05, 0) is 37.9 Å². The molecule has 3 nitrogen and oxygen atoms in total. The van der Waals surface area contributed by atoms with Crippen LogP contribution in [0.25, 0.3) is 0 Å². The highest BCUT2D eigenvalue weighted by molar-refractivity contribution is 7.99. The van der Waals surface area contributed by atoms with Gasteiger partial charge in [0.05, 0.1) is 5.25 Å². The molecular weight excluding hydrogens is 230 g/mol. The van der Waals surface area contributed by atoms with Gasteiger partial charge in [-0.15, -0.1) is 0 Å². The molecule has 1 fully saturated rings. The largest absolute Gasteiger partial charge is 0.324 e. The number of nitrogens with zero attached hydrogens (tertiary/aromatic N) is 2. The molecule has 0 saturated carbocycles. The lowest BCUT2D eigenvalue weighted by Gasteiger charge is -2.14. The van der Waals surface area contributed by atoms with E-state index in [1.54, 1.807) is 0 Å².